The van der Waals surface area contributed by atoms with Gasteiger partial charge in [-0.2, -0.15) is 0 Å². The minimum Gasteiger partial charge on any atom is -0.309 e. The van der Waals surface area contributed by atoms with Crippen molar-refractivity contribution in [3.05, 3.63) is 47.0 Å². The Bertz CT molecular complexity index is 728. The quantitative estimate of drug-likeness (QED) is 0.883. The maximum absolute atomic E-state index is 11.7. The first-order valence-electron chi connectivity index (χ1n) is 7.00. The normalized spacial score (nSPS) is 13.5. The Balaban J connectivity index is 2.51. The van der Waals surface area contributed by atoms with Crippen molar-refractivity contribution < 1.29 is 8.42 Å². The van der Waals surface area contributed by atoms with Gasteiger partial charge in [-0.1, -0.05) is 48.9 Å². The van der Waals surface area contributed by atoms with Gasteiger partial charge in [-0.15, -0.1) is 0 Å². The van der Waals surface area contributed by atoms with Gasteiger partial charge in [0.15, 0.2) is 0 Å². The Kier molecular flexibility index (Phi) is 5.25. The fourth-order valence-electron chi connectivity index (χ4n) is 2.47. The van der Waals surface area contributed by atoms with Crippen molar-refractivity contribution in [3.8, 4) is 0 Å². The van der Waals surface area contributed by atoms with Crippen LogP contribution in [0.5, 0.6) is 0 Å². The Morgan fingerprint density at radius 1 is 1.14 bits per heavy atom. The Morgan fingerprint density at radius 3 is 2.43 bits per heavy atom. The summed E-state index contributed by atoms with van der Waals surface area (Å²) in [4.78, 5) is 0. The second-order valence-corrected chi connectivity index (χ2v) is 7.87. The van der Waals surface area contributed by atoms with Crippen LogP contribution in [0.4, 0.5) is 0 Å². The number of benzene rings is 2. The van der Waals surface area contributed by atoms with Crippen LogP contribution in [-0.2, 0) is 9.84 Å². The largest absolute Gasteiger partial charge is 0.309 e. The summed E-state index contributed by atoms with van der Waals surface area (Å²) in [7, 11) is -3.08. The van der Waals surface area contributed by atoms with E-state index in [1.807, 2.05) is 36.4 Å². The van der Waals surface area contributed by atoms with Crippen LogP contribution in [0.1, 0.15) is 24.9 Å². The second-order valence-electron chi connectivity index (χ2n) is 5.28. The summed E-state index contributed by atoms with van der Waals surface area (Å²) < 4.78 is 23.4. The van der Waals surface area contributed by atoms with Crippen LogP contribution in [0.15, 0.2) is 36.4 Å². The molecule has 114 valence electrons. The van der Waals surface area contributed by atoms with Crippen LogP contribution in [0.2, 0.25) is 5.02 Å². The van der Waals surface area contributed by atoms with Gasteiger partial charge in [0.1, 0.15) is 9.84 Å². The molecule has 0 aliphatic heterocycles. The first-order chi connectivity index (χ1) is 9.92. The molecule has 1 atom stereocenters. The molecule has 0 fully saturated rings. The molecule has 1 unspecified atom stereocenters. The topological polar surface area (TPSA) is 46.2 Å². The smallest absolute Gasteiger partial charge is 0.149 e. The molecule has 2 aromatic carbocycles. The van der Waals surface area contributed by atoms with Gasteiger partial charge in [-0.05, 0) is 30.0 Å². The molecule has 21 heavy (non-hydrogen) atoms. The lowest BCUT2D eigenvalue weighted by Crippen LogP contribution is -2.28. The fraction of sp³-hybridized carbons (Fsp3) is 0.375. The summed E-state index contributed by atoms with van der Waals surface area (Å²) in [6, 6.07) is 11.4. The number of rotatable bonds is 6. The van der Waals surface area contributed by atoms with Crippen molar-refractivity contribution >= 4 is 32.2 Å². The van der Waals surface area contributed by atoms with Crippen molar-refractivity contribution in [3.63, 3.8) is 0 Å². The first kappa shape index (κ1) is 16.3. The summed E-state index contributed by atoms with van der Waals surface area (Å²) in [5.74, 6) is 0.0820. The standard InChI is InChI=1S/C16H20ClNO2S/c1-3-10-18-16(11-21(2,19)20)14-8-9-15(17)13-7-5-4-6-12(13)14/h4-9,16,18H,3,10-11H2,1-2H3. The van der Waals surface area contributed by atoms with E-state index in [9.17, 15) is 8.42 Å². The number of nitrogens with one attached hydrogen (secondary N) is 1. The van der Waals surface area contributed by atoms with Crippen molar-refractivity contribution in [2.75, 3.05) is 18.6 Å². The number of fused-ring (bicyclic) bond motifs is 1. The zero-order valence-electron chi connectivity index (χ0n) is 12.3. The van der Waals surface area contributed by atoms with E-state index in [2.05, 4.69) is 12.2 Å². The van der Waals surface area contributed by atoms with E-state index in [1.165, 1.54) is 6.26 Å². The molecular weight excluding hydrogens is 306 g/mol. The average Bonchev–Trinajstić information content (AvgIpc) is 2.43. The summed E-state index contributed by atoms with van der Waals surface area (Å²) in [5, 5.41) is 5.97. The van der Waals surface area contributed by atoms with Crippen molar-refractivity contribution in [2.45, 2.75) is 19.4 Å². The number of halogens is 1. The number of hydrogen-bond acceptors (Lipinski definition) is 3. The van der Waals surface area contributed by atoms with Crippen LogP contribution < -0.4 is 5.32 Å². The molecule has 3 nitrogen and oxygen atoms in total. The predicted molar refractivity (Wildman–Crippen MR) is 89.7 cm³/mol. The molecular formula is C16H20ClNO2S. The predicted octanol–water partition coefficient (Wildman–Crippen LogP) is 3.58. The van der Waals surface area contributed by atoms with Gasteiger partial charge >= 0.3 is 0 Å². The van der Waals surface area contributed by atoms with E-state index >= 15 is 0 Å². The third-order valence-electron chi connectivity index (χ3n) is 3.39. The monoisotopic (exact) mass is 325 g/mol. The summed E-state index contributed by atoms with van der Waals surface area (Å²) in [6.45, 7) is 2.83. The van der Waals surface area contributed by atoms with Gasteiger partial charge < -0.3 is 5.32 Å². The molecule has 0 aliphatic carbocycles. The van der Waals surface area contributed by atoms with Gasteiger partial charge in [0.05, 0.1) is 5.75 Å². The zero-order chi connectivity index (χ0) is 15.5. The van der Waals surface area contributed by atoms with Crippen LogP contribution in [0.3, 0.4) is 0 Å². The van der Waals surface area contributed by atoms with Gasteiger partial charge in [0, 0.05) is 22.7 Å². The van der Waals surface area contributed by atoms with Crippen LogP contribution in [0.25, 0.3) is 10.8 Å². The van der Waals surface area contributed by atoms with Crippen molar-refractivity contribution in [1.29, 1.82) is 0 Å². The Labute approximate surface area is 131 Å². The minimum atomic E-state index is -3.08. The summed E-state index contributed by atoms with van der Waals surface area (Å²) in [5.41, 5.74) is 0.980. The molecule has 0 saturated carbocycles. The van der Waals surface area contributed by atoms with Crippen LogP contribution in [-0.4, -0.2) is 27.0 Å². The zero-order valence-corrected chi connectivity index (χ0v) is 13.8. The maximum atomic E-state index is 11.7. The van der Waals surface area contributed by atoms with E-state index in [1.54, 1.807) is 0 Å². The Morgan fingerprint density at radius 2 is 1.81 bits per heavy atom. The first-order valence-corrected chi connectivity index (χ1v) is 9.44. The number of sulfone groups is 1. The highest BCUT2D eigenvalue weighted by atomic mass is 35.5. The highest BCUT2D eigenvalue weighted by molar-refractivity contribution is 7.90. The van der Waals surface area contributed by atoms with E-state index < -0.39 is 9.84 Å². The second kappa shape index (κ2) is 6.77. The third-order valence-corrected chi connectivity index (χ3v) is 4.66. The summed E-state index contributed by atoms with van der Waals surface area (Å²) in [6.07, 6.45) is 2.22. The Hall–Kier alpha value is -1.10. The van der Waals surface area contributed by atoms with E-state index in [4.69, 9.17) is 11.6 Å². The fourth-order valence-corrected chi connectivity index (χ4v) is 3.60. The van der Waals surface area contributed by atoms with Crippen LogP contribution in [0, 0.1) is 0 Å². The average molecular weight is 326 g/mol. The molecule has 0 radical (unpaired) electrons. The van der Waals surface area contributed by atoms with E-state index in [0.29, 0.717) is 5.02 Å². The molecule has 0 spiro atoms. The lowest BCUT2D eigenvalue weighted by Gasteiger charge is -2.20. The molecule has 2 rings (SSSR count). The SMILES string of the molecule is CCCNC(CS(C)(=O)=O)c1ccc(Cl)c2ccccc12. The van der Waals surface area contributed by atoms with E-state index in [-0.39, 0.29) is 11.8 Å². The van der Waals surface area contributed by atoms with Gasteiger partial charge in [0.2, 0.25) is 0 Å². The van der Waals surface area contributed by atoms with Crippen molar-refractivity contribution in [2.24, 2.45) is 0 Å². The molecule has 0 heterocycles. The van der Waals surface area contributed by atoms with Gasteiger partial charge in [-0.25, -0.2) is 8.42 Å². The molecule has 0 saturated heterocycles. The molecule has 5 heteroatoms. The van der Waals surface area contributed by atoms with Crippen molar-refractivity contribution in [1.82, 2.24) is 5.32 Å². The van der Waals surface area contributed by atoms with Crippen LogP contribution >= 0.6 is 11.6 Å². The lowest BCUT2D eigenvalue weighted by molar-refractivity contribution is 0.551. The highest BCUT2D eigenvalue weighted by Crippen LogP contribution is 2.30. The molecule has 1 N–H and O–H groups in total. The minimum absolute atomic E-state index is 0.0820. The highest BCUT2D eigenvalue weighted by Gasteiger charge is 2.19. The van der Waals surface area contributed by atoms with Gasteiger partial charge in [-0.3, -0.25) is 0 Å². The van der Waals surface area contributed by atoms with E-state index in [0.717, 1.165) is 29.3 Å². The lowest BCUT2D eigenvalue weighted by atomic mass is 9.99. The summed E-state index contributed by atoms with van der Waals surface area (Å²) >= 11 is 6.23. The maximum Gasteiger partial charge on any atom is 0.149 e. The molecule has 0 bridgehead atoms. The molecule has 0 aromatic heterocycles. The molecule has 0 amide bonds. The third kappa shape index (κ3) is 4.19. The molecule has 0 aliphatic rings. The number of hydrogen-bond donors (Lipinski definition) is 1. The molecule has 2 aromatic rings. The van der Waals surface area contributed by atoms with Gasteiger partial charge in [0.25, 0.3) is 0 Å².